The first kappa shape index (κ1) is 12.1. The van der Waals surface area contributed by atoms with Crippen LogP contribution in [0.15, 0.2) is 24.3 Å². The first-order chi connectivity index (χ1) is 8.20. The smallest absolute Gasteiger partial charge is 0.0991 e. The predicted octanol–water partition coefficient (Wildman–Crippen LogP) is 2.24. The highest BCUT2D eigenvalue weighted by atomic mass is 16.5. The van der Waals surface area contributed by atoms with Crippen molar-refractivity contribution in [2.24, 2.45) is 5.92 Å². The quantitative estimate of drug-likeness (QED) is 0.804. The summed E-state index contributed by atoms with van der Waals surface area (Å²) in [6.07, 6.45) is 0.0927. The van der Waals surface area contributed by atoms with Crippen molar-refractivity contribution in [2.45, 2.75) is 26.0 Å². The first-order valence-electron chi connectivity index (χ1n) is 6.05. The molecule has 1 heterocycles. The molecular weight excluding hydrogens is 212 g/mol. The van der Waals surface area contributed by atoms with Crippen LogP contribution in [0.25, 0.3) is 0 Å². The average Bonchev–Trinajstić information content (AvgIpc) is 2.53. The molecule has 1 aromatic rings. The monoisotopic (exact) mass is 230 g/mol. The Morgan fingerprint density at radius 2 is 2.00 bits per heavy atom. The minimum atomic E-state index is 0.0927. The fourth-order valence-electron chi connectivity index (χ4n) is 1.95. The largest absolute Gasteiger partial charge is 0.372 e. The van der Waals surface area contributed by atoms with Gasteiger partial charge in [-0.3, -0.25) is 0 Å². The molecule has 1 N–H and O–H groups in total. The van der Waals surface area contributed by atoms with Crippen molar-refractivity contribution < 1.29 is 4.74 Å². The van der Waals surface area contributed by atoms with Crippen LogP contribution in [-0.2, 0) is 4.74 Å². The second kappa shape index (κ2) is 5.31. The van der Waals surface area contributed by atoms with Crippen LogP contribution in [0.1, 0.15) is 31.1 Å². The summed E-state index contributed by atoms with van der Waals surface area (Å²) in [4.78, 5) is 0. The number of ether oxygens (including phenoxy) is 1. The Kier molecular flexibility index (Phi) is 3.78. The summed E-state index contributed by atoms with van der Waals surface area (Å²) < 4.78 is 5.90. The van der Waals surface area contributed by atoms with E-state index in [1.54, 1.807) is 0 Å². The third-order valence-corrected chi connectivity index (χ3v) is 3.45. The van der Waals surface area contributed by atoms with Crippen molar-refractivity contribution in [3.05, 3.63) is 35.4 Å². The fourth-order valence-corrected chi connectivity index (χ4v) is 1.95. The van der Waals surface area contributed by atoms with E-state index < -0.39 is 0 Å². The zero-order valence-corrected chi connectivity index (χ0v) is 10.3. The summed E-state index contributed by atoms with van der Waals surface area (Å²) >= 11 is 0. The molecule has 0 amide bonds. The minimum absolute atomic E-state index is 0.0927. The molecule has 3 unspecified atom stereocenters. The molecule has 0 radical (unpaired) electrons. The van der Waals surface area contributed by atoms with Crippen molar-refractivity contribution in [3.63, 3.8) is 0 Å². The molecule has 1 saturated heterocycles. The molecule has 1 fully saturated rings. The second-order valence-electron chi connectivity index (χ2n) is 4.73. The Hall–Kier alpha value is -1.37. The number of benzene rings is 1. The average molecular weight is 230 g/mol. The van der Waals surface area contributed by atoms with Crippen LogP contribution in [0.2, 0.25) is 0 Å². The second-order valence-corrected chi connectivity index (χ2v) is 4.73. The van der Waals surface area contributed by atoms with Gasteiger partial charge in [0.2, 0.25) is 0 Å². The van der Waals surface area contributed by atoms with Crippen molar-refractivity contribution in [2.75, 3.05) is 13.2 Å². The number of nitrogens with one attached hydrogen (secondary N) is 1. The molecule has 1 aliphatic heterocycles. The highest BCUT2D eigenvalue weighted by Crippen LogP contribution is 2.22. The van der Waals surface area contributed by atoms with Gasteiger partial charge in [-0.2, -0.15) is 5.26 Å². The van der Waals surface area contributed by atoms with Crippen LogP contribution in [0, 0.1) is 17.2 Å². The van der Waals surface area contributed by atoms with Gasteiger partial charge in [0.25, 0.3) is 0 Å². The van der Waals surface area contributed by atoms with Gasteiger partial charge in [-0.1, -0.05) is 19.1 Å². The van der Waals surface area contributed by atoms with E-state index in [4.69, 9.17) is 10.00 Å². The Morgan fingerprint density at radius 3 is 2.65 bits per heavy atom. The maximum absolute atomic E-state index is 8.76. The fraction of sp³-hybridized carbons (Fsp3) is 0.500. The highest BCUT2D eigenvalue weighted by molar-refractivity contribution is 5.32. The van der Waals surface area contributed by atoms with E-state index in [0.29, 0.717) is 17.5 Å². The van der Waals surface area contributed by atoms with Crippen molar-refractivity contribution in [1.82, 2.24) is 5.32 Å². The summed E-state index contributed by atoms with van der Waals surface area (Å²) in [6.45, 7) is 5.99. The molecule has 17 heavy (non-hydrogen) atoms. The van der Waals surface area contributed by atoms with Crippen LogP contribution in [0.4, 0.5) is 0 Å². The van der Waals surface area contributed by atoms with Gasteiger partial charge in [-0.05, 0) is 30.5 Å². The summed E-state index contributed by atoms with van der Waals surface area (Å²) in [5.74, 6) is 0.526. The molecule has 0 aromatic heterocycles. The Balaban J connectivity index is 2.09. The molecule has 1 aliphatic rings. The highest BCUT2D eigenvalue weighted by Gasteiger charge is 2.22. The number of hydrogen-bond donors (Lipinski definition) is 1. The maximum Gasteiger partial charge on any atom is 0.0991 e. The summed E-state index contributed by atoms with van der Waals surface area (Å²) in [5.41, 5.74) is 1.83. The first-order valence-corrected chi connectivity index (χ1v) is 6.05. The van der Waals surface area contributed by atoms with Crippen molar-refractivity contribution in [3.8, 4) is 6.07 Å². The molecule has 0 spiro atoms. The lowest BCUT2D eigenvalue weighted by Gasteiger charge is -2.15. The zero-order chi connectivity index (χ0) is 12.3. The number of nitriles is 1. The molecule has 90 valence electrons. The van der Waals surface area contributed by atoms with Crippen LogP contribution >= 0.6 is 0 Å². The Morgan fingerprint density at radius 1 is 1.29 bits per heavy atom. The van der Waals surface area contributed by atoms with Crippen LogP contribution in [-0.4, -0.2) is 19.2 Å². The van der Waals surface area contributed by atoms with Gasteiger partial charge in [0.15, 0.2) is 0 Å². The Labute approximate surface area is 102 Å². The lowest BCUT2D eigenvalue weighted by atomic mass is 10.1. The van der Waals surface area contributed by atoms with Crippen LogP contribution in [0.3, 0.4) is 0 Å². The van der Waals surface area contributed by atoms with Crippen molar-refractivity contribution in [1.29, 1.82) is 5.26 Å². The molecule has 3 heteroatoms. The van der Waals surface area contributed by atoms with E-state index in [2.05, 4.69) is 25.2 Å². The molecule has 1 aromatic carbocycles. The lowest BCUT2D eigenvalue weighted by molar-refractivity contribution is 0.0496. The molecule has 0 bridgehead atoms. The summed E-state index contributed by atoms with van der Waals surface area (Å²) in [7, 11) is 0. The SMILES string of the molecule is CC1COC(c2ccc(C#N)cc2)CNC1C. The molecule has 0 saturated carbocycles. The standard InChI is InChI=1S/C14H18N2O/c1-10-9-17-14(8-16-11(10)2)13-5-3-12(7-15)4-6-13/h3-6,10-11,14,16H,8-9H2,1-2H3. The van der Waals surface area contributed by atoms with Gasteiger partial charge in [0.05, 0.1) is 24.3 Å². The molecule has 3 nitrogen and oxygen atoms in total. The third-order valence-electron chi connectivity index (χ3n) is 3.45. The summed E-state index contributed by atoms with van der Waals surface area (Å²) in [5, 5.41) is 12.2. The van der Waals surface area contributed by atoms with E-state index in [0.717, 1.165) is 18.7 Å². The van der Waals surface area contributed by atoms with Crippen LogP contribution < -0.4 is 5.32 Å². The number of nitrogens with zero attached hydrogens (tertiary/aromatic N) is 1. The van der Waals surface area contributed by atoms with E-state index in [9.17, 15) is 0 Å². The van der Waals surface area contributed by atoms with Gasteiger partial charge >= 0.3 is 0 Å². The Bertz CT molecular complexity index is 395. The van der Waals surface area contributed by atoms with E-state index in [1.165, 1.54) is 0 Å². The topological polar surface area (TPSA) is 45.0 Å². The third kappa shape index (κ3) is 2.85. The summed E-state index contributed by atoms with van der Waals surface area (Å²) in [6, 6.07) is 10.3. The van der Waals surface area contributed by atoms with Gasteiger partial charge in [-0.15, -0.1) is 0 Å². The molecule has 2 rings (SSSR count). The normalized spacial score (nSPS) is 29.4. The van der Waals surface area contributed by atoms with Gasteiger partial charge < -0.3 is 10.1 Å². The van der Waals surface area contributed by atoms with Gasteiger partial charge in [0, 0.05) is 12.6 Å². The van der Waals surface area contributed by atoms with Crippen molar-refractivity contribution >= 4 is 0 Å². The lowest BCUT2D eigenvalue weighted by Crippen LogP contribution is -2.32. The molecule has 0 aliphatic carbocycles. The predicted molar refractivity (Wildman–Crippen MR) is 66.5 cm³/mol. The maximum atomic E-state index is 8.76. The molecular formula is C14H18N2O. The van der Waals surface area contributed by atoms with Crippen LogP contribution in [0.5, 0.6) is 0 Å². The number of hydrogen-bond acceptors (Lipinski definition) is 3. The minimum Gasteiger partial charge on any atom is -0.372 e. The molecule has 3 atom stereocenters. The zero-order valence-electron chi connectivity index (χ0n) is 10.3. The van der Waals surface area contributed by atoms with Gasteiger partial charge in [-0.25, -0.2) is 0 Å². The van der Waals surface area contributed by atoms with E-state index in [-0.39, 0.29) is 6.10 Å². The van der Waals surface area contributed by atoms with E-state index in [1.807, 2.05) is 24.3 Å². The van der Waals surface area contributed by atoms with Gasteiger partial charge in [0.1, 0.15) is 0 Å². The van der Waals surface area contributed by atoms with E-state index >= 15 is 0 Å². The number of rotatable bonds is 1.